The Morgan fingerprint density at radius 2 is 2.09 bits per heavy atom. The number of anilines is 1. The summed E-state index contributed by atoms with van der Waals surface area (Å²) in [6.07, 6.45) is 9.98. The van der Waals surface area contributed by atoms with Crippen LogP contribution in [0.4, 0.5) is 5.69 Å². The van der Waals surface area contributed by atoms with Gasteiger partial charge in [-0.05, 0) is 36.2 Å². The lowest BCUT2D eigenvalue weighted by molar-refractivity contribution is 0.544. The van der Waals surface area contributed by atoms with Gasteiger partial charge in [0.05, 0.1) is 0 Å². The first-order valence-electron chi connectivity index (χ1n) is 8.11. The smallest absolute Gasteiger partial charge is 0.105 e. The molecule has 116 valence electrons. The zero-order chi connectivity index (χ0) is 15.5. The van der Waals surface area contributed by atoms with E-state index in [0.717, 1.165) is 13.0 Å². The second-order valence-corrected chi connectivity index (χ2v) is 6.01. The van der Waals surface area contributed by atoms with Crippen LogP contribution in [-0.2, 0) is 0 Å². The summed E-state index contributed by atoms with van der Waals surface area (Å²) < 4.78 is 0. The highest BCUT2D eigenvalue weighted by Crippen LogP contribution is 2.32. The molecule has 2 aliphatic heterocycles. The second kappa shape index (κ2) is 6.41. The van der Waals surface area contributed by atoms with Gasteiger partial charge in [-0.15, -0.1) is 0 Å². The Labute approximate surface area is 133 Å². The number of dihydropyridines is 1. The lowest BCUT2D eigenvalue weighted by Gasteiger charge is -2.33. The fourth-order valence-corrected chi connectivity index (χ4v) is 3.14. The number of rotatable bonds is 4. The van der Waals surface area contributed by atoms with Crippen molar-refractivity contribution < 1.29 is 0 Å². The zero-order valence-corrected chi connectivity index (χ0v) is 13.6. The summed E-state index contributed by atoms with van der Waals surface area (Å²) in [6.45, 7) is 5.46. The van der Waals surface area contributed by atoms with E-state index in [0.29, 0.717) is 5.92 Å². The monoisotopic (exact) mass is 295 g/mol. The highest BCUT2D eigenvalue weighted by atomic mass is 15.2. The van der Waals surface area contributed by atoms with Crippen molar-refractivity contribution in [3.8, 4) is 0 Å². The molecule has 1 unspecified atom stereocenters. The zero-order valence-electron chi connectivity index (χ0n) is 13.6. The first-order valence-corrected chi connectivity index (χ1v) is 8.11. The number of allylic oxidation sites excluding steroid dienone is 1. The molecule has 2 atom stereocenters. The Hall–Kier alpha value is -2.00. The molecule has 0 fully saturated rings. The van der Waals surface area contributed by atoms with Gasteiger partial charge in [0.15, 0.2) is 0 Å². The van der Waals surface area contributed by atoms with Crippen LogP contribution in [-0.4, -0.2) is 19.8 Å². The molecule has 0 radical (unpaired) electrons. The fraction of sp³-hybridized carbons (Fsp3) is 0.368. The Bertz CT molecular complexity index is 627. The molecule has 2 heterocycles. The molecule has 0 amide bonds. The topological polar surface area (TPSA) is 27.3 Å². The largest absolute Gasteiger partial charge is 0.372 e. The van der Waals surface area contributed by atoms with Crippen molar-refractivity contribution in [2.24, 2.45) is 0 Å². The van der Waals surface area contributed by atoms with Crippen LogP contribution in [0.1, 0.15) is 31.7 Å². The third kappa shape index (κ3) is 2.69. The summed E-state index contributed by atoms with van der Waals surface area (Å²) in [4.78, 5) is 2.32. The first-order chi connectivity index (χ1) is 10.7. The van der Waals surface area contributed by atoms with Gasteiger partial charge in [-0.25, -0.2) is 0 Å². The van der Waals surface area contributed by atoms with Crippen LogP contribution in [0.3, 0.4) is 0 Å². The van der Waals surface area contributed by atoms with Crippen LogP contribution >= 0.6 is 0 Å². The number of fused-ring (bicyclic) bond motifs is 1. The van der Waals surface area contributed by atoms with E-state index in [1.54, 1.807) is 0 Å². The summed E-state index contributed by atoms with van der Waals surface area (Å²) in [5.74, 6) is 0.561. The molecule has 0 saturated carbocycles. The van der Waals surface area contributed by atoms with E-state index in [-0.39, 0.29) is 6.17 Å². The fourth-order valence-electron chi connectivity index (χ4n) is 3.14. The van der Waals surface area contributed by atoms with Gasteiger partial charge in [-0.3, -0.25) is 5.32 Å². The normalized spacial score (nSPS) is 21.3. The molecular weight excluding hydrogens is 270 g/mol. The van der Waals surface area contributed by atoms with Gasteiger partial charge in [0.2, 0.25) is 0 Å². The van der Waals surface area contributed by atoms with Crippen LogP contribution in [0.5, 0.6) is 0 Å². The molecule has 22 heavy (non-hydrogen) atoms. The molecule has 2 N–H and O–H groups in total. The van der Waals surface area contributed by atoms with Crippen molar-refractivity contribution in [3.05, 3.63) is 65.5 Å². The minimum Gasteiger partial charge on any atom is -0.372 e. The number of nitrogens with one attached hydrogen (secondary N) is 2. The predicted octanol–water partition coefficient (Wildman–Crippen LogP) is 3.49. The van der Waals surface area contributed by atoms with Crippen molar-refractivity contribution in [1.82, 2.24) is 10.6 Å². The van der Waals surface area contributed by atoms with Crippen LogP contribution in [0.2, 0.25) is 0 Å². The molecule has 3 heteroatoms. The van der Waals surface area contributed by atoms with Crippen molar-refractivity contribution in [3.63, 3.8) is 0 Å². The molecule has 3 rings (SSSR count). The molecule has 3 nitrogen and oxygen atoms in total. The van der Waals surface area contributed by atoms with Gasteiger partial charge in [-0.1, -0.05) is 44.2 Å². The van der Waals surface area contributed by atoms with Crippen LogP contribution in [0.15, 0.2) is 60.0 Å². The van der Waals surface area contributed by atoms with Gasteiger partial charge in [0.25, 0.3) is 0 Å². The summed E-state index contributed by atoms with van der Waals surface area (Å²) in [5.41, 5.74) is 5.26. The average molecular weight is 295 g/mol. The standard InChI is InChI=1S/C19H25N3/c1-4-14(2)15-8-5-6-10-17(15)22(3)18-11-13-21-19-16(18)9-7-12-20-19/h5-11,13-14,19-21H,4,12H2,1-3H3/t14-,19?/m1/s1. The second-order valence-electron chi connectivity index (χ2n) is 6.01. The number of hydrogen-bond acceptors (Lipinski definition) is 3. The Morgan fingerprint density at radius 3 is 2.91 bits per heavy atom. The maximum atomic E-state index is 3.47. The number of hydrogen-bond donors (Lipinski definition) is 2. The lowest BCUT2D eigenvalue weighted by atomic mass is 9.95. The molecule has 0 aromatic heterocycles. The van der Waals surface area contributed by atoms with Crippen molar-refractivity contribution >= 4 is 5.69 Å². The van der Waals surface area contributed by atoms with Crippen molar-refractivity contribution in [2.75, 3.05) is 18.5 Å². The number of benzene rings is 1. The average Bonchev–Trinajstić information content (AvgIpc) is 2.60. The number of nitrogens with zero attached hydrogens (tertiary/aromatic N) is 1. The van der Waals surface area contributed by atoms with E-state index < -0.39 is 0 Å². The maximum absolute atomic E-state index is 3.47. The SMILES string of the molecule is CC[C@@H](C)c1ccccc1N(C)C1=C2C=CCNC2NC=C1. The van der Waals surface area contributed by atoms with Crippen LogP contribution in [0, 0.1) is 0 Å². The van der Waals surface area contributed by atoms with E-state index in [4.69, 9.17) is 0 Å². The Kier molecular flexibility index (Phi) is 4.34. The van der Waals surface area contributed by atoms with Crippen LogP contribution in [0.25, 0.3) is 0 Å². The molecule has 0 aliphatic carbocycles. The minimum atomic E-state index is 0.211. The summed E-state index contributed by atoms with van der Waals surface area (Å²) in [6, 6.07) is 8.74. The van der Waals surface area contributed by atoms with E-state index in [2.05, 4.69) is 78.9 Å². The number of para-hydroxylation sites is 1. The highest BCUT2D eigenvalue weighted by molar-refractivity contribution is 5.62. The maximum Gasteiger partial charge on any atom is 0.105 e. The van der Waals surface area contributed by atoms with Crippen molar-refractivity contribution in [2.45, 2.75) is 32.4 Å². The van der Waals surface area contributed by atoms with E-state index in [1.165, 1.54) is 22.5 Å². The molecule has 2 aliphatic rings. The summed E-state index contributed by atoms with van der Waals surface area (Å²) in [5, 5.41) is 6.85. The molecular formula is C19H25N3. The minimum absolute atomic E-state index is 0.211. The molecule has 1 aromatic rings. The summed E-state index contributed by atoms with van der Waals surface area (Å²) >= 11 is 0. The van der Waals surface area contributed by atoms with Gasteiger partial charge in [0, 0.05) is 30.5 Å². The molecule has 0 spiro atoms. The van der Waals surface area contributed by atoms with Crippen molar-refractivity contribution in [1.29, 1.82) is 0 Å². The van der Waals surface area contributed by atoms with Crippen LogP contribution < -0.4 is 15.5 Å². The van der Waals surface area contributed by atoms with E-state index in [9.17, 15) is 0 Å². The summed E-state index contributed by atoms with van der Waals surface area (Å²) in [7, 11) is 2.17. The predicted molar refractivity (Wildman–Crippen MR) is 93.8 cm³/mol. The molecule has 1 aromatic carbocycles. The lowest BCUT2D eigenvalue weighted by Crippen LogP contribution is -2.46. The highest BCUT2D eigenvalue weighted by Gasteiger charge is 2.23. The molecule has 0 saturated heterocycles. The third-order valence-corrected chi connectivity index (χ3v) is 4.65. The quantitative estimate of drug-likeness (QED) is 0.890. The Morgan fingerprint density at radius 1 is 1.27 bits per heavy atom. The Balaban J connectivity index is 2.02. The van der Waals surface area contributed by atoms with Gasteiger partial charge in [0.1, 0.15) is 6.17 Å². The molecule has 0 bridgehead atoms. The van der Waals surface area contributed by atoms with E-state index >= 15 is 0 Å². The van der Waals surface area contributed by atoms with Gasteiger partial charge >= 0.3 is 0 Å². The number of likely N-dealkylation sites (N-methyl/N-ethyl adjacent to an activating group) is 1. The first kappa shape index (κ1) is 14.9. The van der Waals surface area contributed by atoms with E-state index in [1.807, 2.05) is 6.20 Å². The van der Waals surface area contributed by atoms with Gasteiger partial charge in [-0.2, -0.15) is 0 Å². The third-order valence-electron chi connectivity index (χ3n) is 4.65. The van der Waals surface area contributed by atoms with Gasteiger partial charge < -0.3 is 10.2 Å².